The van der Waals surface area contributed by atoms with E-state index in [9.17, 15) is 9.18 Å². The predicted octanol–water partition coefficient (Wildman–Crippen LogP) is 3.33. The van der Waals surface area contributed by atoms with Crippen LogP contribution in [0.25, 0.3) is 0 Å². The number of ether oxygens (including phenoxy) is 2. The first kappa shape index (κ1) is 13.1. The number of rotatable bonds is 3. The fourth-order valence-electron chi connectivity index (χ4n) is 2.74. The Kier molecular flexibility index (Phi) is 2.83. The smallest absolute Gasteiger partial charge is 0.235 e. The summed E-state index contributed by atoms with van der Waals surface area (Å²) in [5, 5.41) is 0. The zero-order chi connectivity index (χ0) is 14.4. The van der Waals surface area contributed by atoms with Gasteiger partial charge in [-0.2, -0.15) is 4.99 Å². The number of nitrogens with zero attached hydrogens (tertiary/aromatic N) is 1. The van der Waals surface area contributed by atoms with Gasteiger partial charge in [0.25, 0.3) is 0 Å². The number of aliphatic imine (C=N–C) groups is 1. The lowest BCUT2D eigenvalue weighted by atomic mass is 9.71. The minimum atomic E-state index is -1.49. The van der Waals surface area contributed by atoms with Crippen molar-refractivity contribution in [3.8, 4) is 11.5 Å². The van der Waals surface area contributed by atoms with Crippen LogP contribution in [0.5, 0.6) is 11.5 Å². The molecule has 1 saturated carbocycles. The van der Waals surface area contributed by atoms with Gasteiger partial charge in [-0.15, -0.1) is 0 Å². The largest absolute Gasteiger partial charge is 0.454 e. The molecule has 20 heavy (non-hydrogen) atoms. The van der Waals surface area contributed by atoms with Crippen molar-refractivity contribution in [3.63, 3.8) is 0 Å². The maximum Gasteiger partial charge on any atom is 0.235 e. The molecule has 3 rings (SSSR count). The number of benzene rings is 1. The maximum absolute atomic E-state index is 14.3. The molecule has 0 N–H and O–H groups in total. The molecule has 0 saturated heterocycles. The monoisotopic (exact) mass is 277 g/mol. The van der Waals surface area contributed by atoms with Crippen LogP contribution < -0.4 is 9.47 Å². The molecule has 4 nitrogen and oxygen atoms in total. The molecule has 0 amide bonds. The number of carbonyl (C=O) groups excluding carboxylic acids is 1. The van der Waals surface area contributed by atoms with Crippen molar-refractivity contribution in [2.75, 3.05) is 6.79 Å². The molecule has 0 radical (unpaired) electrons. The Morgan fingerprint density at radius 2 is 2.10 bits per heavy atom. The van der Waals surface area contributed by atoms with E-state index in [0.29, 0.717) is 17.1 Å². The van der Waals surface area contributed by atoms with Crippen LogP contribution in [0.3, 0.4) is 0 Å². The standard InChI is InChI=1S/C15H16FNO3/c1-14(2,16)10-6-11(13-12(7-10)19-9-20-13)15(17-8-18)4-3-5-15/h6-7H,3-5,9H2,1-2H3. The molecule has 0 bridgehead atoms. The highest BCUT2D eigenvalue weighted by atomic mass is 19.1. The maximum atomic E-state index is 14.3. The molecule has 1 aliphatic carbocycles. The van der Waals surface area contributed by atoms with Crippen molar-refractivity contribution < 1.29 is 18.7 Å². The topological polar surface area (TPSA) is 47.9 Å². The van der Waals surface area contributed by atoms with Crippen LogP contribution >= 0.6 is 0 Å². The first-order valence-corrected chi connectivity index (χ1v) is 6.69. The van der Waals surface area contributed by atoms with Gasteiger partial charge in [-0.25, -0.2) is 9.18 Å². The van der Waals surface area contributed by atoms with E-state index in [1.807, 2.05) is 0 Å². The van der Waals surface area contributed by atoms with Crippen LogP contribution in [-0.2, 0) is 16.0 Å². The lowest BCUT2D eigenvalue weighted by Crippen LogP contribution is -2.32. The van der Waals surface area contributed by atoms with E-state index in [0.717, 1.165) is 24.8 Å². The molecule has 106 valence electrons. The highest BCUT2D eigenvalue weighted by Gasteiger charge is 2.43. The summed E-state index contributed by atoms with van der Waals surface area (Å²) >= 11 is 0. The average Bonchev–Trinajstić information content (AvgIpc) is 2.79. The van der Waals surface area contributed by atoms with Crippen molar-refractivity contribution >= 4 is 6.08 Å². The number of isocyanates is 1. The normalized spacial score (nSPS) is 19.1. The minimum absolute atomic E-state index is 0.111. The van der Waals surface area contributed by atoms with Gasteiger partial charge in [0.1, 0.15) is 11.2 Å². The van der Waals surface area contributed by atoms with E-state index in [1.165, 1.54) is 13.8 Å². The van der Waals surface area contributed by atoms with Gasteiger partial charge in [0.15, 0.2) is 11.5 Å². The molecular formula is C15H16FNO3. The number of fused-ring (bicyclic) bond motifs is 1. The Hall–Kier alpha value is -1.87. The number of alkyl halides is 1. The minimum Gasteiger partial charge on any atom is -0.454 e. The predicted molar refractivity (Wildman–Crippen MR) is 70.3 cm³/mol. The van der Waals surface area contributed by atoms with Crippen LogP contribution in [0.2, 0.25) is 0 Å². The lowest BCUT2D eigenvalue weighted by molar-refractivity contribution is 0.168. The second-order valence-electron chi connectivity index (χ2n) is 5.82. The van der Waals surface area contributed by atoms with Crippen LogP contribution in [0.15, 0.2) is 17.1 Å². The molecule has 1 fully saturated rings. The summed E-state index contributed by atoms with van der Waals surface area (Å²) < 4.78 is 25.1. The molecule has 1 aromatic rings. The first-order chi connectivity index (χ1) is 9.46. The van der Waals surface area contributed by atoms with E-state index in [-0.39, 0.29) is 6.79 Å². The average molecular weight is 277 g/mol. The number of halogens is 1. The zero-order valence-corrected chi connectivity index (χ0v) is 11.5. The van der Waals surface area contributed by atoms with Gasteiger partial charge in [0.2, 0.25) is 12.9 Å². The Morgan fingerprint density at radius 1 is 1.35 bits per heavy atom. The van der Waals surface area contributed by atoms with E-state index in [1.54, 1.807) is 18.2 Å². The SMILES string of the molecule is CC(C)(F)c1cc2c(c(C3(N=C=O)CCC3)c1)OCO2. The van der Waals surface area contributed by atoms with Gasteiger partial charge in [-0.1, -0.05) is 0 Å². The fourth-order valence-corrected chi connectivity index (χ4v) is 2.74. The van der Waals surface area contributed by atoms with E-state index in [4.69, 9.17) is 9.47 Å². The van der Waals surface area contributed by atoms with Crippen LogP contribution in [0, 0.1) is 0 Å². The van der Waals surface area contributed by atoms with Crippen molar-refractivity contribution in [3.05, 3.63) is 23.3 Å². The molecule has 0 aromatic heterocycles. The Labute approximate surface area is 116 Å². The summed E-state index contributed by atoms with van der Waals surface area (Å²) in [7, 11) is 0. The van der Waals surface area contributed by atoms with Crippen LogP contribution in [0.1, 0.15) is 44.2 Å². The van der Waals surface area contributed by atoms with Gasteiger partial charge in [-0.05, 0) is 50.8 Å². The van der Waals surface area contributed by atoms with Gasteiger partial charge >= 0.3 is 0 Å². The molecule has 0 unspecified atom stereocenters. The highest BCUT2D eigenvalue weighted by molar-refractivity contribution is 5.56. The van der Waals surface area contributed by atoms with E-state index < -0.39 is 11.2 Å². The summed E-state index contributed by atoms with van der Waals surface area (Å²) in [5.74, 6) is 1.10. The van der Waals surface area contributed by atoms with Crippen molar-refractivity contribution in [2.24, 2.45) is 4.99 Å². The van der Waals surface area contributed by atoms with Gasteiger partial charge in [-0.3, -0.25) is 0 Å². The molecule has 2 aliphatic rings. The third kappa shape index (κ3) is 1.90. The summed E-state index contributed by atoms with van der Waals surface area (Å²) in [6.07, 6.45) is 4.11. The molecule has 0 atom stereocenters. The zero-order valence-electron chi connectivity index (χ0n) is 11.5. The van der Waals surface area contributed by atoms with Gasteiger partial charge < -0.3 is 9.47 Å². The first-order valence-electron chi connectivity index (χ1n) is 6.69. The summed E-state index contributed by atoms with van der Waals surface area (Å²) in [4.78, 5) is 14.7. The van der Waals surface area contributed by atoms with Gasteiger partial charge in [0, 0.05) is 5.56 Å². The van der Waals surface area contributed by atoms with Crippen LogP contribution in [-0.4, -0.2) is 12.9 Å². The third-order valence-electron chi connectivity index (χ3n) is 4.10. The molecule has 5 heteroatoms. The fraction of sp³-hybridized carbons (Fsp3) is 0.533. The second-order valence-corrected chi connectivity index (χ2v) is 5.82. The van der Waals surface area contributed by atoms with Crippen molar-refractivity contribution in [2.45, 2.75) is 44.3 Å². The molecule has 0 spiro atoms. The summed E-state index contributed by atoms with van der Waals surface area (Å²) in [5.41, 5.74) is -0.876. The lowest BCUT2D eigenvalue weighted by Gasteiger charge is -2.38. The molecular weight excluding hydrogens is 261 g/mol. The number of hydrogen-bond donors (Lipinski definition) is 0. The Balaban J connectivity index is 2.19. The van der Waals surface area contributed by atoms with Crippen molar-refractivity contribution in [1.29, 1.82) is 0 Å². The highest BCUT2D eigenvalue weighted by Crippen LogP contribution is 2.52. The Bertz CT molecular complexity index is 596. The summed E-state index contributed by atoms with van der Waals surface area (Å²) in [6, 6.07) is 3.40. The number of hydrogen-bond acceptors (Lipinski definition) is 4. The molecule has 1 aliphatic heterocycles. The molecule has 1 heterocycles. The van der Waals surface area contributed by atoms with Crippen molar-refractivity contribution in [1.82, 2.24) is 0 Å². The molecule has 1 aromatic carbocycles. The van der Waals surface area contributed by atoms with Gasteiger partial charge in [0.05, 0.1) is 0 Å². The van der Waals surface area contributed by atoms with Crippen LogP contribution in [0.4, 0.5) is 4.39 Å². The third-order valence-corrected chi connectivity index (χ3v) is 4.10. The second kappa shape index (κ2) is 4.32. The Morgan fingerprint density at radius 3 is 2.65 bits per heavy atom. The van der Waals surface area contributed by atoms with E-state index in [2.05, 4.69) is 4.99 Å². The quantitative estimate of drug-likeness (QED) is 0.629. The van der Waals surface area contributed by atoms with E-state index >= 15 is 0 Å². The summed E-state index contributed by atoms with van der Waals surface area (Å²) in [6.45, 7) is 3.09.